The minimum Gasteiger partial charge on any atom is -0.496 e. The zero-order chi connectivity index (χ0) is 28.6. The number of hydrogen-bond donors (Lipinski definition) is 0. The fraction of sp³-hybridized carbons (Fsp3) is 0.438. The van der Waals surface area contributed by atoms with Gasteiger partial charge in [0, 0.05) is 35.0 Å². The average Bonchev–Trinajstić information content (AvgIpc) is 3.41. The average molecular weight is 611 g/mol. The zero-order valence-electron chi connectivity index (χ0n) is 23.9. The minimum atomic E-state index is -0.278. The van der Waals surface area contributed by atoms with E-state index in [0.717, 1.165) is 42.4 Å². The Morgan fingerprint density at radius 2 is 1.60 bits per heavy atom. The van der Waals surface area contributed by atoms with Gasteiger partial charge in [0.25, 0.3) is 5.91 Å². The maximum absolute atomic E-state index is 14.1. The molecule has 1 heterocycles. The third kappa shape index (κ3) is 7.08. The Bertz CT molecular complexity index is 1260. The van der Waals surface area contributed by atoms with Crippen molar-refractivity contribution in [2.45, 2.75) is 71.1 Å². The monoisotopic (exact) mass is 609 g/mol. The van der Waals surface area contributed by atoms with Crippen LogP contribution in [0, 0.1) is 0 Å². The maximum Gasteiger partial charge on any atom is 0.262 e. The van der Waals surface area contributed by atoms with Gasteiger partial charge >= 0.3 is 0 Å². The van der Waals surface area contributed by atoms with Gasteiger partial charge < -0.3 is 23.8 Å². The summed E-state index contributed by atoms with van der Waals surface area (Å²) in [5.74, 6) is 0.536. The van der Waals surface area contributed by atoms with Crippen molar-refractivity contribution >= 4 is 27.7 Å². The number of nitrogens with zero attached hydrogens (tertiary/aromatic N) is 3. The number of aromatic nitrogens is 1. The van der Waals surface area contributed by atoms with E-state index in [1.54, 1.807) is 23.1 Å². The third-order valence-corrected chi connectivity index (χ3v) is 8.22. The van der Waals surface area contributed by atoms with Gasteiger partial charge in [-0.2, -0.15) is 0 Å². The van der Waals surface area contributed by atoms with Gasteiger partial charge in [0.05, 0.1) is 20.8 Å². The van der Waals surface area contributed by atoms with Crippen LogP contribution < -0.4 is 9.47 Å². The van der Waals surface area contributed by atoms with Crippen LogP contribution in [-0.4, -0.2) is 59.0 Å². The molecular weight excluding hydrogens is 570 g/mol. The number of amides is 2. The Hall–Kier alpha value is -3.26. The second-order valence-corrected chi connectivity index (χ2v) is 11.5. The van der Waals surface area contributed by atoms with Gasteiger partial charge in [0.15, 0.2) is 0 Å². The summed E-state index contributed by atoms with van der Waals surface area (Å²) in [7, 11) is 3.06. The van der Waals surface area contributed by atoms with Crippen LogP contribution in [0.2, 0.25) is 0 Å². The lowest BCUT2D eigenvalue weighted by atomic mass is 9.94. The van der Waals surface area contributed by atoms with Crippen molar-refractivity contribution in [3.63, 3.8) is 0 Å². The Balaban J connectivity index is 1.59. The Morgan fingerprint density at radius 3 is 2.20 bits per heavy atom. The lowest BCUT2D eigenvalue weighted by Gasteiger charge is -2.37. The second-order valence-electron chi connectivity index (χ2n) is 10.6. The van der Waals surface area contributed by atoms with Crippen LogP contribution in [0.1, 0.15) is 67.6 Å². The molecule has 214 valence electrons. The zero-order valence-corrected chi connectivity index (χ0v) is 25.5. The number of methoxy groups -OCH3 is 2. The van der Waals surface area contributed by atoms with Crippen LogP contribution in [0.5, 0.6) is 11.5 Å². The predicted octanol–water partition coefficient (Wildman–Crippen LogP) is 6.53. The number of carbonyl (C=O) groups excluding carboxylic acids is 2. The Kier molecular flexibility index (Phi) is 10.3. The quantitative estimate of drug-likeness (QED) is 0.248. The molecule has 40 heavy (non-hydrogen) atoms. The minimum absolute atomic E-state index is 0.0123. The first-order chi connectivity index (χ1) is 19.3. The summed E-state index contributed by atoms with van der Waals surface area (Å²) < 4.78 is 14.2. The molecule has 1 aliphatic rings. The molecule has 1 aromatic heterocycles. The van der Waals surface area contributed by atoms with Crippen LogP contribution in [0.15, 0.2) is 65.3 Å². The van der Waals surface area contributed by atoms with Crippen molar-refractivity contribution in [2.75, 3.05) is 20.8 Å². The number of carbonyl (C=O) groups is 2. The van der Waals surface area contributed by atoms with E-state index in [2.05, 4.69) is 44.9 Å². The van der Waals surface area contributed by atoms with Crippen LogP contribution >= 0.6 is 15.9 Å². The highest BCUT2D eigenvalue weighted by Gasteiger charge is 2.32. The fourth-order valence-corrected chi connectivity index (χ4v) is 5.72. The lowest BCUT2D eigenvalue weighted by molar-refractivity contribution is -0.136. The van der Waals surface area contributed by atoms with E-state index in [0.29, 0.717) is 23.6 Å². The van der Waals surface area contributed by atoms with Crippen molar-refractivity contribution in [1.82, 2.24) is 14.4 Å². The molecule has 0 saturated heterocycles. The molecular formula is C32H40BrN3O4. The second kappa shape index (κ2) is 13.9. The van der Waals surface area contributed by atoms with Gasteiger partial charge in [-0.1, -0.05) is 53.4 Å². The SMILES string of the molecule is COc1cccc(OC)c1C(=O)N(CC(=O)N(Cc1cccn1Cc1ccc(Br)cc1)C1CCCCC1)C(C)C. The standard InChI is InChI=1S/C32H40BrN3O4/c1-23(2)35(32(38)31-28(39-3)13-8-14-29(31)40-4)22-30(37)36(26-10-6-5-7-11-26)21-27-12-9-19-34(27)20-24-15-17-25(33)18-16-24/h8-9,12-19,23,26H,5-7,10-11,20-22H2,1-4H3. The highest BCUT2D eigenvalue weighted by molar-refractivity contribution is 9.10. The number of rotatable bonds is 11. The molecule has 8 heteroatoms. The molecule has 0 atom stereocenters. The number of halogens is 1. The topological polar surface area (TPSA) is 64.0 Å². The summed E-state index contributed by atoms with van der Waals surface area (Å²) in [6, 6.07) is 17.7. The van der Waals surface area contributed by atoms with Crippen molar-refractivity contribution < 1.29 is 19.1 Å². The van der Waals surface area contributed by atoms with Gasteiger partial charge in [-0.15, -0.1) is 0 Å². The van der Waals surface area contributed by atoms with Crippen LogP contribution in [0.4, 0.5) is 0 Å². The van der Waals surface area contributed by atoms with Crippen LogP contribution in [-0.2, 0) is 17.9 Å². The number of ether oxygens (including phenoxy) is 2. The molecule has 2 amide bonds. The van der Waals surface area contributed by atoms with Gasteiger partial charge in [-0.25, -0.2) is 0 Å². The molecule has 0 aliphatic heterocycles. The third-order valence-electron chi connectivity index (χ3n) is 7.69. The van der Waals surface area contributed by atoms with Crippen molar-refractivity contribution in [1.29, 1.82) is 0 Å². The fourth-order valence-electron chi connectivity index (χ4n) is 5.45. The van der Waals surface area contributed by atoms with E-state index < -0.39 is 0 Å². The normalized spacial score (nSPS) is 13.8. The summed E-state index contributed by atoms with van der Waals surface area (Å²) in [5, 5.41) is 0. The smallest absolute Gasteiger partial charge is 0.262 e. The summed E-state index contributed by atoms with van der Waals surface area (Å²) in [6.07, 6.45) is 7.45. The summed E-state index contributed by atoms with van der Waals surface area (Å²) >= 11 is 3.51. The molecule has 0 N–H and O–H groups in total. The number of benzene rings is 2. The number of hydrogen-bond acceptors (Lipinski definition) is 4. The molecule has 1 aliphatic carbocycles. The Morgan fingerprint density at radius 1 is 0.950 bits per heavy atom. The van der Waals surface area contributed by atoms with Crippen molar-refractivity contribution in [3.8, 4) is 11.5 Å². The molecule has 4 rings (SSSR count). The van der Waals surface area contributed by atoms with Crippen molar-refractivity contribution in [3.05, 3.63) is 82.1 Å². The highest BCUT2D eigenvalue weighted by atomic mass is 79.9. The molecule has 0 spiro atoms. The van der Waals surface area contributed by atoms with E-state index >= 15 is 0 Å². The largest absolute Gasteiger partial charge is 0.496 e. The highest BCUT2D eigenvalue weighted by Crippen LogP contribution is 2.31. The lowest BCUT2D eigenvalue weighted by Crippen LogP contribution is -2.49. The van der Waals surface area contributed by atoms with E-state index in [-0.39, 0.29) is 30.4 Å². The summed E-state index contributed by atoms with van der Waals surface area (Å²) in [5.41, 5.74) is 2.61. The van der Waals surface area contributed by atoms with E-state index in [1.807, 2.05) is 36.9 Å². The first-order valence-electron chi connectivity index (χ1n) is 14.0. The van der Waals surface area contributed by atoms with Gasteiger partial charge in [-0.05, 0) is 68.7 Å². The molecule has 3 aromatic rings. The Labute approximate surface area is 246 Å². The van der Waals surface area contributed by atoms with Crippen molar-refractivity contribution in [2.24, 2.45) is 0 Å². The maximum atomic E-state index is 14.1. The molecule has 1 saturated carbocycles. The molecule has 2 aromatic carbocycles. The van der Waals surface area contributed by atoms with E-state index in [4.69, 9.17) is 9.47 Å². The van der Waals surface area contributed by atoms with Gasteiger partial charge in [-0.3, -0.25) is 9.59 Å². The summed E-state index contributed by atoms with van der Waals surface area (Å²) in [4.78, 5) is 31.6. The van der Waals surface area contributed by atoms with E-state index in [9.17, 15) is 9.59 Å². The molecule has 0 radical (unpaired) electrons. The van der Waals surface area contributed by atoms with Crippen LogP contribution in [0.25, 0.3) is 0 Å². The predicted molar refractivity (Wildman–Crippen MR) is 161 cm³/mol. The molecule has 0 bridgehead atoms. The molecule has 0 unspecified atom stereocenters. The summed E-state index contributed by atoms with van der Waals surface area (Å²) in [6.45, 7) is 5.09. The molecule has 1 fully saturated rings. The van der Waals surface area contributed by atoms with Gasteiger partial charge in [0.1, 0.15) is 23.6 Å². The first kappa shape index (κ1) is 29.7. The van der Waals surface area contributed by atoms with E-state index in [1.165, 1.54) is 26.2 Å². The molecule has 7 nitrogen and oxygen atoms in total. The van der Waals surface area contributed by atoms with Gasteiger partial charge in [0.2, 0.25) is 5.91 Å². The van der Waals surface area contributed by atoms with Crippen LogP contribution in [0.3, 0.4) is 0 Å². The first-order valence-corrected chi connectivity index (χ1v) is 14.8.